The zero-order valence-corrected chi connectivity index (χ0v) is 20.9. The molecule has 0 aliphatic carbocycles. The van der Waals surface area contributed by atoms with E-state index in [4.69, 9.17) is 21.8 Å². The average molecular weight is 459 g/mol. The van der Waals surface area contributed by atoms with Gasteiger partial charge >= 0.3 is 0 Å². The molecule has 0 bridgehead atoms. The highest BCUT2D eigenvalue weighted by molar-refractivity contribution is 6.32. The molecule has 32 heavy (non-hydrogen) atoms. The summed E-state index contributed by atoms with van der Waals surface area (Å²) in [6.45, 7) is 14.3. The highest BCUT2D eigenvalue weighted by Crippen LogP contribution is 2.26. The van der Waals surface area contributed by atoms with Crippen molar-refractivity contribution in [1.82, 2.24) is 0 Å². The van der Waals surface area contributed by atoms with Crippen LogP contribution in [0.5, 0.6) is 11.5 Å². The van der Waals surface area contributed by atoms with Gasteiger partial charge in [-0.25, -0.2) is 4.39 Å². The van der Waals surface area contributed by atoms with Gasteiger partial charge in [-0.15, -0.1) is 0 Å². The third kappa shape index (κ3) is 9.32. The van der Waals surface area contributed by atoms with E-state index in [1.165, 1.54) is 5.56 Å². The molecule has 0 radical (unpaired) electrons. The number of rotatable bonds is 3. The van der Waals surface area contributed by atoms with Crippen molar-refractivity contribution in [2.75, 3.05) is 0 Å². The van der Waals surface area contributed by atoms with Crippen LogP contribution in [0.3, 0.4) is 0 Å². The van der Waals surface area contributed by atoms with Crippen LogP contribution in [-0.4, -0.2) is 10.2 Å². The summed E-state index contributed by atoms with van der Waals surface area (Å²) in [6, 6.07) is 18.0. The second kappa shape index (κ2) is 13.1. The van der Waals surface area contributed by atoms with Gasteiger partial charge in [-0.2, -0.15) is 0 Å². The Labute approximate surface area is 197 Å². The number of aromatic hydroxyl groups is 2. The zero-order valence-electron chi connectivity index (χ0n) is 20.2. The summed E-state index contributed by atoms with van der Waals surface area (Å²) in [6.07, 6.45) is 0. The lowest BCUT2D eigenvalue weighted by Gasteiger charge is -2.05. The zero-order chi connectivity index (χ0) is 24.4. The van der Waals surface area contributed by atoms with Gasteiger partial charge in [-0.05, 0) is 77.3 Å². The molecule has 0 amide bonds. The summed E-state index contributed by atoms with van der Waals surface area (Å²) >= 11 is 5.71. The quantitative estimate of drug-likeness (QED) is 0.411. The standard InChI is InChI=1S/C10H13F.C9H11ClO.C9H12O/c1-7(2)9-5-4-8(3)10(11)6-9;1-6(2)7-3-4-9(11)8(10)5-7;1-7(2)8-3-5-9(10)6-4-8/h4-7H,1-3H3;3-6,11H,1-2H3;3-7,10H,1-2H3. The van der Waals surface area contributed by atoms with Gasteiger partial charge in [-0.1, -0.05) is 83.5 Å². The van der Waals surface area contributed by atoms with Crippen LogP contribution in [0.25, 0.3) is 0 Å². The van der Waals surface area contributed by atoms with E-state index in [0.717, 1.165) is 16.7 Å². The predicted octanol–water partition coefficient (Wildman–Crippen LogP) is 8.94. The maximum Gasteiger partial charge on any atom is 0.134 e. The van der Waals surface area contributed by atoms with E-state index in [1.54, 1.807) is 37.3 Å². The molecule has 2 N–H and O–H groups in total. The minimum atomic E-state index is -0.101. The fourth-order valence-electron chi connectivity index (χ4n) is 2.71. The van der Waals surface area contributed by atoms with Crippen LogP contribution in [0, 0.1) is 12.7 Å². The molecule has 3 aromatic rings. The number of benzene rings is 3. The van der Waals surface area contributed by atoms with E-state index in [1.807, 2.05) is 30.3 Å². The second-order valence-corrected chi connectivity index (χ2v) is 9.18. The van der Waals surface area contributed by atoms with Crippen molar-refractivity contribution < 1.29 is 14.6 Å². The Kier molecular flexibility index (Phi) is 11.3. The average Bonchev–Trinajstić information content (AvgIpc) is 2.73. The van der Waals surface area contributed by atoms with Crippen LogP contribution in [0.4, 0.5) is 4.39 Å². The summed E-state index contributed by atoms with van der Waals surface area (Å²) in [7, 11) is 0. The van der Waals surface area contributed by atoms with Crippen molar-refractivity contribution in [2.45, 2.75) is 66.2 Å². The molecule has 0 heterocycles. The van der Waals surface area contributed by atoms with Crippen molar-refractivity contribution in [3.63, 3.8) is 0 Å². The van der Waals surface area contributed by atoms with E-state index < -0.39 is 0 Å². The SMILES string of the molecule is CC(C)c1ccc(O)c(Cl)c1.CC(C)c1ccc(O)cc1.Cc1ccc(C(C)C)cc1F. The number of hydrogen-bond acceptors (Lipinski definition) is 2. The molecule has 2 nitrogen and oxygen atoms in total. The fraction of sp³-hybridized carbons (Fsp3) is 0.357. The topological polar surface area (TPSA) is 40.5 Å². The van der Waals surface area contributed by atoms with E-state index >= 15 is 0 Å². The number of phenolic OH excluding ortho intramolecular Hbond substituents is 2. The summed E-state index contributed by atoms with van der Waals surface area (Å²) in [5.74, 6) is 1.79. The normalized spacial score (nSPS) is 10.5. The molecule has 0 aliphatic rings. The van der Waals surface area contributed by atoms with Gasteiger partial charge in [0.2, 0.25) is 0 Å². The van der Waals surface area contributed by atoms with Gasteiger partial charge in [0.25, 0.3) is 0 Å². The molecule has 0 aromatic heterocycles. The van der Waals surface area contributed by atoms with Crippen LogP contribution in [0.15, 0.2) is 60.7 Å². The van der Waals surface area contributed by atoms with E-state index in [9.17, 15) is 4.39 Å². The first-order valence-electron chi connectivity index (χ1n) is 11.0. The van der Waals surface area contributed by atoms with Gasteiger partial charge < -0.3 is 10.2 Å². The highest BCUT2D eigenvalue weighted by atomic mass is 35.5. The third-order valence-corrected chi connectivity index (χ3v) is 5.36. The van der Waals surface area contributed by atoms with Crippen molar-refractivity contribution >= 4 is 11.6 Å². The van der Waals surface area contributed by atoms with Gasteiger partial charge in [0.05, 0.1) is 5.02 Å². The maximum atomic E-state index is 12.9. The van der Waals surface area contributed by atoms with E-state index in [-0.39, 0.29) is 11.6 Å². The molecular weight excluding hydrogens is 423 g/mol. The molecular formula is C28H36ClFO2. The molecule has 4 heteroatoms. The molecule has 0 atom stereocenters. The fourth-order valence-corrected chi connectivity index (χ4v) is 2.90. The largest absolute Gasteiger partial charge is 0.508 e. The number of hydrogen-bond donors (Lipinski definition) is 2. The van der Waals surface area contributed by atoms with E-state index in [2.05, 4.69) is 41.5 Å². The highest BCUT2D eigenvalue weighted by Gasteiger charge is 2.03. The first-order chi connectivity index (χ1) is 14.9. The van der Waals surface area contributed by atoms with Gasteiger partial charge in [0.1, 0.15) is 17.3 Å². The van der Waals surface area contributed by atoms with Crippen molar-refractivity contribution in [2.24, 2.45) is 0 Å². The summed E-state index contributed by atoms with van der Waals surface area (Å²) < 4.78 is 12.9. The number of halogens is 2. The maximum absolute atomic E-state index is 12.9. The molecule has 3 rings (SSSR count). The minimum Gasteiger partial charge on any atom is -0.508 e. The molecule has 0 spiro atoms. The number of phenols is 2. The third-order valence-electron chi connectivity index (χ3n) is 5.06. The lowest BCUT2D eigenvalue weighted by Crippen LogP contribution is -1.90. The Hall–Kier alpha value is -2.52. The lowest BCUT2D eigenvalue weighted by molar-refractivity contribution is 0.474. The van der Waals surface area contributed by atoms with Crippen molar-refractivity contribution in [3.8, 4) is 11.5 Å². The Bertz CT molecular complexity index is 908. The van der Waals surface area contributed by atoms with Gasteiger partial charge in [0, 0.05) is 0 Å². The molecule has 0 fully saturated rings. The van der Waals surface area contributed by atoms with Crippen LogP contribution in [0.2, 0.25) is 5.02 Å². The Morgan fingerprint density at radius 3 is 1.53 bits per heavy atom. The summed E-state index contributed by atoms with van der Waals surface area (Å²) in [5.41, 5.74) is 4.19. The van der Waals surface area contributed by atoms with Crippen LogP contribution >= 0.6 is 11.6 Å². The number of aryl methyl sites for hydroxylation is 1. The van der Waals surface area contributed by atoms with Crippen molar-refractivity contribution in [3.05, 3.63) is 93.8 Å². The molecule has 0 saturated heterocycles. The molecule has 0 saturated carbocycles. The molecule has 0 aliphatic heterocycles. The summed E-state index contributed by atoms with van der Waals surface area (Å²) in [5, 5.41) is 18.5. The van der Waals surface area contributed by atoms with Crippen molar-refractivity contribution in [1.29, 1.82) is 0 Å². The first-order valence-corrected chi connectivity index (χ1v) is 11.3. The molecule has 3 aromatic carbocycles. The predicted molar refractivity (Wildman–Crippen MR) is 135 cm³/mol. The molecule has 174 valence electrons. The van der Waals surface area contributed by atoms with E-state index in [0.29, 0.717) is 28.5 Å². The van der Waals surface area contributed by atoms with Gasteiger partial charge in [-0.3, -0.25) is 0 Å². The van der Waals surface area contributed by atoms with Crippen LogP contribution in [0.1, 0.15) is 81.5 Å². The second-order valence-electron chi connectivity index (χ2n) is 8.78. The van der Waals surface area contributed by atoms with Crippen LogP contribution < -0.4 is 0 Å². The lowest BCUT2D eigenvalue weighted by atomic mass is 10.0. The Balaban J connectivity index is 0.000000240. The molecule has 0 unspecified atom stereocenters. The Morgan fingerprint density at radius 1 is 0.656 bits per heavy atom. The monoisotopic (exact) mass is 458 g/mol. The smallest absolute Gasteiger partial charge is 0.134 e. The Morgan fingerprint density at radius 2 is 1.09 bits per heavy atom. The minimum absolute atomic E-state index is 0.101. The first kappa shape index (κ1) is 27.5. The van der Waals surface area contributed by atoms with Crippen LogP contribution in [-0.2, 0) is 0 Å². The van der Waals surface area contributed by atoms with Gasteiger partial charge in [0.15, 0.2) is 0 Å². The summed E-state index contributed by atoms with van der Waals surface area (Å²) in [4.78, 5) is 0.